The van der Waals surface area contributed by atoms with Crippen LogP contribution in [0.15, 0.2) is 36.1 Å². The van der Waals surface area contributed by atoms with Crippen molar-refractivity contribution in [3.05, 3.63) is 47.2 Å². The molecule has 0 radical (unpaired) electrons. The number of hydrogen-bond donors (Lipinski definition) is 9. The van der Waals surface area contributed by atoms with Gasteiger partial charge in [-0.3, -0.25) is 10.2 Å². The average molecular weight is 550 g/mol. The molecule has 39 heavy (non-hydrogen) atoms. The van der Waals surface area contributed by atoms with E-state index in [1.54, 1.807) is 32.1 Å². The molecule has 214 valence electrons. The zero-order valence-corrected chi connectivity index (χ0v) is 21.6. The molecule has 0 unspecified atom stereocenters. The van der Waals surface area contributed by atoms with E-state index in [0.29, 0.717) is 12.0 Å². The summed E-state index contributed by atoms with van der Waals surface area (Å²) in [5.74, 6) is -3.23. The van der Waals surface area contributed by atoms with Gasteiger partial charge in [0.05, 0.1) is 12.6 Å². The third kappa shape index (κ3) is 9.50. The van der Waals surface area contributed by atoms with E-state index < -0.39 is 60.7 Å². The number of hydrogen-bond acceptors (Lipinski definition) is 9. The predicted molar refractivity (Wildman–Crippen MR) is 139 cm³/mol. The first-order valence-corrected chi connectivity index (χ1v) is 12.1. The lowest BCUT2D eigenvalue weighted by Gasteiger charge is -2.39. The van der Waals surface area contributed by atoms with Crippen molar-refractivity contribution in [3.8, 4) is 5.75 Å². The summed E-state index contributed by atoms with van der Waals surface area (Å²) in [5, 5.41) is 54.0. The lowest BCUT2D eigenvalue weighted by atomic mass is 9.87. The van der Waals surface area contributed by atoms with Gasteiger partial charge in [-0.2, -0.15) is 0 Å². The zero-order chi connectivity index (χ0) is 29.1. The Morgan fingerprint density at radius 2 is 1.95 bits per heavy atom. The van der Waals surface area contributed by atoms with E-state index in [2.05, 4.69) is 16.0 Å². The van der Waals surface area contributed by atoms with E-state index in [1.165, 1.54) is 18.2 Å². The minimum atomic E-state index is -1.60. The Bertz CT molecular complexity index is 1110. The number of aliphatic hydroxyl groups excluding tert-OH is 2. The predicted octanol–water partition coefficient (Wildman–Crippen LogP) is -0.477. The van der Waals surface area contributed by atoms with Crippen LogP contribution in [0, 0.1) is 18.3 Å². The summed E-state index contributed by atoms with van der Waals surface area (Å²) in [4.78, 5) is 35.9. The smallest absolute Gasteiger partial charge is 0.407 e. The lowest BCUT2D eigenvalue weighted by Crippen LogP contribution is -2.56. The number of ether oxygens (including phenoxy) is 2. The van der Waals surface area contributed by atoms with Crippen molar-refractivity contribution in [1.82, 2.24) is 16.0 Å². The van der Waals surface area contributed by atoms with Crippen molar-refractivity contribution in [3.63, 3.8) is 0 Å². The monoisotopic (exact) mass is 549 g/mol. The van der Waals surface area contributed by atoms with E-state index in [9.17, 15) is 34.8 Å². The number of carbonyl (C=O) groups excluding carboxylic acids is 2. The molecule has 1 heterocycles. The Morgan fingerprint density at radius 1 is 1.26 bits per heavy atom. The minimum absolute atomic E-state index is 0.0898. The SMILES string of the molecule is Cc1ccc(/C=C/C(=O)NCCCNC(=O)O[C@@H]([C@@H]2OC(C(=O)O)=C[C@H](NC(=N)N)[C@H]2C)[C@H](O)CO)cc1O. The van der Waals surface area contributed by atoms with Gasteiger partial charge in [-0.1, -0.05) is 19.1 Å². The number of phenolic OH excluding ortho intramolecular Hbond substituents is 1. The molecule has 1 aliphatic rings. The Morgan fingerprint density at radius 3 is 2.56 bits per heavy atom. The molecule has 2 amide bonds. The topological polar surface area (TPSA) is 237 Å². The summed E-state index contributed by atoms with van der Waals surface area (Å²) in [6.07, 6.45) is -0.824. The molecule has 1 aromatic rings. The standard InChI is InChI=1S/C25H35N5O9/c1-13-4-5-15(10-17(13)32)6-7-20(34)28-8-3-9-29-25(37)39-22(18(33)12-31)21-14(2)16(30-24(26)27)11-19(38-21)23(35)36/h4-7,10-11,14,16,18,21-22,31-33H,3,8-9,12H2,1-2H3,(H,28,34)(H,29,37)(H,35,36)(H4,26,27,30)/b7-6+/t14-,16+,18-,21-,22-/m1/s1. The van der Waals surface area contributed by atoms with Gasteiger partial charge in [0.15, 0.2) is 12.1 Å². The van der Waals surface area contributed by atoms with E-state index in [4.69, 9.17) is 20.6 Å². The highest BCUT2D eigenvalue weighted by Crippen LogP contribution is 2.29. The number of rotatable bonds is 12. The highest BCUT2D eigenvalue weighted by atomic mass is 16.6. The average Bonchev–Trinajstić information content (AvgIpc) is 2.88. The van der Waals surface area contributed by atoms with Crippen LogP contribution in [0.25, 0.3) is 6.08 Å². The molecule has 0 fully saturated rings. The number of aromatic hydroxyl groups is 1. The number of guanidine groups is 1. The molecule has 0 spiro atoms. The summed E-state index contributed by atoms with van der Waals surface area (Å²) in [5.41, 5.74) is 6.75. The fourth-order valence-corrected chi connectivity index (χ4v) is 3.74. The second-order valence-electron chi connectivity index (χ2n) is 8.93. The van der Waals surface area contributed by atoms with Gasteiger partial charge in [-0.05, 0) is 42.7 Å². The van der Waals surface area contributed by atoms with Crippen LogP contribution in [-0.4, -0.2) is 88.4 Å². The number of aliphatic hydroxyl groups is 2. The van der Waals surface area contributed by atoms with E-state index in [1.807, 2.05) is 0 Å². The second-order valence-corrected chi connectivity index (χ2v) is 8.93. The molecule has 14 nitrogen and oxygen atoms in total. The highest BCUT2D eigenvalue weighted by Gasteiger charge is 2.43. The first-order chi connectivity index (χ1) is 18.4. The summed E-state index contributed by atoms with van der Waals surface area (Å²) in [7, 11) is 0. The summed E-state index contributed by atoms with van der Waals surface area (Å²) >= 11 is 0. The summed E-state index contributed by atoms with van der Waals surface area (Å²) < 4.78 is 10.8. The maximum atomic E-state index is 12.4. The van der Waals surface area contributed by atoms with Crippen LogP contribution in [0.5, 0.6) is 5.75 Å². The van der Waals surface area contributed by atoms with Crippen molar-refractivity contribution in [2.75, 3.05) is 19.7 Å². The summed E-state index contributed by atoms with van der Waals surface area (Å²) in [6.45, 7) is 2.88. The van der Waals surface area contributed by atoms with E-state index >= 15 is 0 Å². The molecule has 5 atom stereocenters. The van der Waals surface area contributed by atoms with Gasteiger partial charge in [0.25, 0.3) is 0 Å². The quantitative estimate of drug-likeness (QED) is 0.0698. The first-order valence-electron chi connectivity index (χ1n) is 12.1. The van der Waals surface area contributed by atoms with Crippen LogP contribution in [0.2, 0.25) is 0 Å². The van der Waals surface area contributed by atoms with Gasteiger partial charge in [-0.25, -0.2) is 9.59 Å². The number of benzene rings is 1. The molecule has 0 aliphatic carbocycles. The lowest BCUT2D eigenvalue weighted by molar-refractivity contribution is -0.147. The maximum absolute atomic E-state index is 12.4. The van der Waals surface area contributed by atoms with Crippen molar-refractivity contribution in [1.29, 1.82) is 5.41 Å². The fourth-order valence-electron chi connectivity index (χ4n) is 3.74. The number of amides is 2. The van der Waals surface area contributed by atoms with Gasteiger partial charge in [0.1, 0.15) is 18.0 Å². The molecule has 0 aromatic heterocycles. The molecule has 10 N–H and O–H groups in total. The Hall–Kier alpha value is -4.30. The molecule has 1 aromatic carbocycles. The number of carbonyl (C=O) groups is 3. The van der Waals surface area contributed by atoms with Crippen molar-refractivity contribution >= 4 is 30.0 Å². The van der Waals surface area contributed by atoms with Crippen LogP contribution >= 0.6 is 0 Å². The molecule has 14 heteroatoms. The van der Waals surface area contributed by atoms with Gasteiger partial charge in [0.2, 0.25) is 11.7 Å². The molecule has 1 aliphatic heterocycles. The number of carboxylic acid groups (broad SMARTS) is 1. The number of aryl methyl sites for hydroxylation is 1. The molecular weight excluding hydrogens is 514 g/mol. The third-order valence-electron chi connectivity index (χ3n) is 5.93. The number of nitrogens with one attached hydrogen (secondary N) is 4. The highest BCUT2D eigenvalue weighted by molar-refractivity contribution is 5.91. The molecule has 0 saturated carbocycles. The van der Waals surface area contributed by atoms with Gasteiger partial charge < -0.3 is 51.6 Å². The Labute approximate surface area is 225 Å². The van der Waals surface area contributed by atoms with Crippen LogP contribution in [0.4, 0.5) is 4.79 Å². The number of carboxylic acids is 1. The Kier molecular flexibility index (Phi) is 11.6. The zero-order valence-electron chi connectivity index (χ0n) is 21.6. The van der Waals surface area contributed by atoms with Crippen LogP contribution in [0.3, 0.4) is 0 Å². The molecular formula is C25H35N5O9. The van der Waals surface area contributed by atoms with Crippen LogP contribution in [-0.2, 0) is 19.1 Å². The van der Waals surface area contributed by atoms with Crippen LogP contribution < -0.4 is 21.7 Å². The number of nitrogens with two attached hydrogens (primary N) is 1. The van der Waals surface area contributed by atoms with Crippen molar-refractivity contribution in [2.24, 2.45) is 11.7 Å². The van der Waals surface area contributed by atoms with E-state index in [0.717, 1.165) is 5.56 Å². The Balaban J connectivity index is 1.88. The molecule has 0 bridgehead atoms. The summed E-state index contributed by atoms with van der Waals surface area (Å²) in [6, 6.07) is 4.23. The van der Waals surface area contributed by atoms with Crippen molar-refractivity contribution in [2.45, 2.75) is 44.6 Å². The number of phenols is 1. The fraction of sp³-hybridized carbons (Fsp3) is 0.440. The largest absolute Gasteiger partial charge is 0.508 e. The second kappa shape index (κ2) is 14.6. The normalized spacial score (nSPS) is 20.2. The maximum Gasteiger partial charge on any atom is 0.407 e. The van der Waals surface area contributed by atoms with Gasteiger partial charge in [-0.15, -0.1) is 0 Å². The molecule has 2 rings (SSSR count). The van der Waals surface area contributed by atoms with E-state index in [-0.39, 0.29) is 24.7 Å². The third-order valence-corrected chi connectivity index (χ3v) is 5.93. The van der Waals surface area contributed by atoms with Crippen molar-refractivity contribution < 1.29 is 44.3 Å². The van der Waals surface area contributed by atoms with Gasteiger partial charge in [0, 0.05) is 25.1 Å². The number of alkyl carbamates (subject to hydrolysis) is 1. The molecule has 0 saturated heterocycles. The van der Waals surface area contributed by atoms with Crippen LogP contribution in [0.1, 0.15) is 24.5 Å². The number of aliphatic carboxylic acids is 1. The van der Waals surface area contributed by atoms with Gasteiger partial charge >= 0.3 is 12.1 Å². The minimum Gasteiger partial charge on any atom is -0.508 e. The first kappa shape index (κ1) is 30.9.